The number of allylic oxidation sites excluding steroid dienone is 1. The highest BCUT2D eigenvalue weighted by Crippen LogP contribution is 2.45. The number of aromatic nitrogens is 1. The quantitative estimate of drug-likeness (QED) is 0.461. The first-order valence-corrected chi connectivity index (χ1v) is 11.7. The van der Waals surface area contributed by atoms with E-state index in [9.17, 15) is 29.4 Å². The molecule has 0 spiro atoms. The minimum Gasteiger partial charge on any atom is -0.479 e. The van der Waals surface area contributed by atoms with Crippen LogP contribution in [0.25, 0.3) is 0 Å². The Morgan fingerprint density at radius 2 is 2.09 bits per heavy atom. The molecule has 1 aromatic rings. The van der Waals surface area contributed by atoms with Crippen molar-refractivity contribution in [1.82, 2.24) is 20.7 Å². The van der Waals surface area contributed by atoms with Crippen LogP contribution in [0.15, 0.2) is 22.7 Å². The first kappa shape index (κ1) is 23.9. The molecule has 4 rings (SSSR count). The third-order valence-electron chi connectivity index (χ3n) is 6.80. The summed E-state index contributed by atoms with van der Waals surface area (Å²) < 4.78 is 4.94. The van der Waals surface area contributed by atoms with Crippen molar-refractivity contribution >= 4 is 23.7 Å². The fourth-order valence-electron chi connectivity index (χ4n) is 4.78. The number of aryl methyl sites for hydroxylation is 1. The van der Waals surface area contributed by atoms with Crippen molar-refractivity contribution in [3.8, 4) is 0 Å². The lowest BCUT2D eigenvalue weighted by Crippen LogP contribution is -2.56. The number of hydrogen-bond donors (Lipinski definition) is 4. The molecule has 0 bridgehead atoms. The maximum absolute atomic E-state index is 13.5. The minimum atomic E-state index is -1.39. The second-order valence-corrected chi connectivity index (χ2v) is 9.39. The molecule has 11 nitrogen and oxygen atoms in total. The number of aliphatic hydroxyl groups excluding tert-OH is 1. The van der Waals surface area contributed by atoms with E-state index in [1.165, 1.54) is 11.0 Å². The van der Waals surface area contributed by atoms with Crippen LogP contribution in [0.3, 0.4) is 0 Å². The molecule has 3 heterocycles. The molecule has 2 aliphatic heterocycles. The molecule has 2 fully saturated rings. The number of nitrogens with one attached hydrogen (secondary N) is 2. The summed E-state index contributed by atoms with van der Waals surface area (Å²) in [4.78, 5) is 52.5. The van der Waals surface area contributed by atoms with Crippen LogP contribution in [-0.4, -0.2) is 74.2 Å². The Labute approximate surface area is 196 Å². The number of amides is 3. The van der Waals surface area contributed by atoms with Crippen LogP contribution in [0.1, 0.15) is 61.2 Å². The van der Waals surface area contributed by atoms with Crippen LogP contribution in [0.5, 0.6) is 0 Å². The van der Waals surface area contributed by atoms with Crippen LogP contribution in [0.4, 0.5) is 0 Å². The first-order chi connectivity index (χ1) is 16.2. The van der Waals surface area contributed by atoms with Gasteiger partial charge in [0.15, 0.2) is 5.69 Å². The SMILES string of the molecule is Cc1cc(C(=O)NC2CCCCC/C=C\C3CC3(C(=O)O)NC(=O)C3CC(O)CN3C2=O)no1. The van der Waals surface area contributed by atoms with E-state index < -0.39 is 47.4 Å². The maximum atomic E-state index is 13.5. The lowest BCUT2D eigenvalue weighted by molar-refractivity contribution is -0.145. The first-order valence-electron chi connectivity index (χ1n) is 11.7. The van der Waals surface area contributed by atoms with Gasteiger partial charge in [0.1, 0.15) is 23.4 Å². The smallest absolute Gasteiger partial charge is 0.330 e. The molecular formula is C23H30N4O7. The molecule has 34 heavy (non-hydrogen) atoms. The van der Waals surface area contributed by atoms with Gasteiger partial charge >= 0.3 is 5.97 Å². The number of hydrogen-bond acceptors (Lipinski definition) is 7. The monoisotopic (exact) mass is 474 g/mol. The zero-order chi connectivity index (χ0) is 24.5. The van der Waals surface area contributed by atoms with Crippen LogP contribution in [0.2, 0.25) is 0 Å². The third kappa shape index (κ3) is 4.84. The molecule has 1 saturated heterocycles. The van der Waals surface area contributed by atoms with E-state index in [1.54, 1.807) is 6.92 Å². The molecule has 3 amide bonds. The maximum Gasteiger partial charge on any atom is 0.330 e. The largest absolute Gasteiger partial charge is 0.479 e. The van der Waals surface area contributed by atoms with Gasteiger partial charge in [-0.1, -0.05) is 30.2 Å². The topological polar surface area (TPSA) is 162 Å². The molecule has 5 atom stereocenters. The van der Waals surface area contributed by atoms with Gasteiger partial charge in [-0.3, -0.25) is 14.4 Å². The highest BCUT2D eigenvalue weighted by molar-refractivity contribution is 5.98. The molecule has 3 aliphatic rings. The van der Waals surface area contributed by atoms with Crippen LogP contribution < -0.4 is 10.6 Å². The fourth-order valence-corrected chi connectivity index (χ4v) is 4.78. The van der Waals surface area contributed by atoms with E-state index >= 15 is 0 Å². The van der Waals surface area contributed by atoms with Crippen molar-refractivity contribution in [1.29, 1.82) is 0 Å². The zero-order valence-electron chi connectivity index (χ0n) is 19.0. The van der Waals surface area contributed by atoms with E-state index in [2.05, 4.69) is 15.8 Å². The van der Waals surface area contributed by atoms with E-state index in [-0.39, 0.29) is 31.0 Å². The molecule has 0 aromatic carbocycles. The molecule has 1 aliphatic carbocycles. The summed E-state index contributed by atoms with van der Waals surface area (Å²) in [5.41, 5.74) is -1.35. The second kappa shape index (κ2) is 9.57. The Morgan fingerprint density at radius 3 is 2.79 bits per heavy atom. The molecule has 184 valence electrons. The number of aliphatic hydroxyl groups is 1. The Hall–Kier alpha value is -3.21. The summed E-state index contributed by atoms with van der Waals surface area (Å²) in [7, 11) is 0. The Bertz CT molecular complexity index is 1010. The van der Waals surface area contributed by atoms with E-state index in [0.717, 1.165) is 19.3 Å². The zero-order valence-corrected chi connectivity index (χ0v) is 19.0. The van der Waals surface area contributed by atoms with E-state index in [4.69, 9.17) is 4.52 Å². The standard InChI is InChI=1S/C23H30N4O7/c1-13-9-17(26-34-13)19(29)24-16-8-6-4-2-3-5-7-14-11-23(14,22(32)33)25-20(30)18-10-15(28)12-27(18)21(16)31/h5,7,9,14-16,18,28H,2-4,6,8,10-12H2,1H3,(H,24,29)(H,25,30)(H,32,33)/b7-5-. The van der Waals surface area contributed by atoms with Gasteiger partial charge in [0.2, 0.25) is 11.8 Å². The Kier molecular flexibility index (Phi) is 6.74. The van der Waals surface area contributed by atoms with Gasteiger partial charge in [-0.25, -0.2) is 4.79 Å². The molecule has 0 radical (unpaired) electrons. The third-order valence-corrected chi connectivity index (χ3v) is 6.80. The molecule has 1 aromatic heterocycles. The number of carbonyl (C=O) groups excluding carboxylic acids is 3. The average molecular weight is 475 g/mol. The summed E-state index contributed by atoms with van der Waals surface area (Å²) in [5, 5.41) is 29.0. The van der Waals surface area contributed by atoms with Crippen molar-refractivity contribution in [2.45, 2.75) is 75.6 Å². The number of carboxylic acid groups (broad SMARTS) is 1. The molecule has 5 unspecified atom stereocenters. The Morgan fingerprint density at radius 1 is 1.29 bits per heavy atom. The van der Waals surface area contributed by atoms with Gasteiger partial charge in [0, 0.05) is 24.9 Å². The van der Waals surface area contributed by atoms with Gasteiger partial charge < -0.3 is 30.3 Å². The number of rotatable bonds is 3. The van der Waals surface area contributed by atoms with Gasteiger partial charge in [-0.2, -0.15) is 0 Å². The predicted octanol–water partition coefficient (Wildman–Crippen LogP) is 0.523. The second-order valence-electron chi connectivity index (χ2n) is 9.39. The van der Waals surface area contributed by atoms with Gasteiger partial charge in [-0.15, -0.1) is 0 Å². The van der Waals surface area contributed by atoms with Crippen molar-refractivity contribution in [3.05, 3.63) is 29.7 Å². The van der Waals surface area contributed by atoms with Crippen molar-refractivity contribution in [2.75, 3.05) is 6.54 Å². The highest BCUT2D eigenvalue weighted by atomic mass is 16.5. The summed E-state index contributed by atoms with van der Waals surface area (Å²) in [6, 6.07) is -0.484. The summed E-state index contributed by atoms with van der Waals surface area (Å²) in [5.74, 6) is -2.65. The van der Waals surface area contributed by atoms with Crippen LogP contribution >= 0.6 is 0 Å². The lowest BCUT2D eigenvalue weighted by atomic mass is 10.0. The summed E-state index contributed by atoms with van der Waals surface area (Å²) in [6.07, 6.45) is 6.55. The van der Waals surface area contributed by atoms with E-state index in [1.807, 2.05) is 12.2 Å². The molecule has 1 saturated carbocycles. The predicted molar refractivity (Wildman–Crippen MR) is 117 cm³/mol. The summed E-state index contributed by atoms with van der Waals surface area (Å²) >= 11 is 0. The van der Waals surface area contributed by atoms with E-state index in [0.29, 0.717) is 18.6 Å². The van der Waals surface area contributed by atoms with Crippen molar-refractivity contribution < 1.29 is 33.9 Å². The fraction of sp³-hybridized carbons (Fsp3) is 0.609. The normalized spacial score (nSPS) is 33.1. The van der Waals surface area contributed by atoms with Gasteiger partial charge in [-0.05, 0) is 32.6 Å². The van der Waals surface area contributed by atoms with Crippen molar-refractivity contribution in [3.63, 3.8) is 0 Å². The molecule has 4 N–H and O–H groups in total. The molecule has 11 heteroatoms. The number of aliphatic carboxylic acids is 1. The Balaban J connectivity index is 1.57. The number of fused-ring (bicyclic) bond motifs is 2. The van der Waals surface area contributed by atoms with Crippen LogP contribution in [-0.2, 0) is 14.4 Å². The highest BCUT2D eigenvalue weighted by Gasteiger charge is 2.61. The number of nitrogens with zero attached hydrogens (tertiary/aromatic N) is 2. The number of carboxylic acids is 1. The van der Waals surface area contributed by atoms with Crippen LogP contribution in [0, 0.1) is 12.8 Å². The van der Waals surface area contributed by atoms with Gasteiger partial charge in [0.05, 0.1) is 6.10 Å². The average Bonchev–Trinajstić information content (AvgIpc) is 3.09. The number of carbonyl (C=O) groups is 4. The lowest BCUT2D eigenvalue weighted by Gasteiger charge is -2.29. The minimum absolute atomic E-state index is 0.00305. The molecular weight excluding hydrogens is 444 g/mol. The summed E-state index contributed by atoms with van der Waals surface area (Å²) in [6.45, 7) is 1.58. The van der Waals surface area contributed by atoms with Crippen molar-refractivity contribution in [2.24, 2.45) is 5.92 Å². The van der Waals surface area contributed by atoms with Gasteiger partial charge in [0.25, 0.3) is 5.91 Å².